The van der Waals surface area contributed by atoms with Gasteiger partial charge in [0.05, 0.1) is 12.6 Å². The first kappa shape index (κ1) is 11.7. The van der Waals surface area contributed by atoms with E-state index in [4.69, 9.17) is 0 Å². The van der Waals surface area contributed by atoms with Crippen LogP contribution in [0.3, 0.4) is 0 Å². The van der Waals surface area contributed by atoms with E-state index < -0.39 is 6.04 Å². The molecule has 0 bridgehead atoms. The summed E-state index contributed by atoms with van der Waals surface area (Å²) in [6.45, 7) is -0.159. The second-order valence-electron chi connectivity index (χ2n) is 3.41. The SMILES string of the molecule is O=C(NC(CO)c1ccccc1)c1csnn1. The van der Waals surface area contributed by atoms with Crippen LogP contribution in [0.4, 0.5) is 0 Å². The van der Waals surface area contributed by atoms with E-state index in [1.807, 2.05) is 30.3 Å². The van der Waals surface area contributed by atoms with Crippen molar-refractivity contribution in [1.29, 1.82) is 0 Å². The molecule has 2 rings (SSSR count). The van der Waals surface area contributed by atoms with Crippen molar-refractivity contribution in [3.8, 4) is 0 Å². The number of benzene rings is 1. The molecule has 0 saturated heterocycles. The minimum Gasteiger partial charge on any atom is -0.394 e. The lowest BCUT2D eigenvalue weighted by atomic mass is 10.1. The maximum Gasteiger partial charge on any atom is 0.273 e. The summed E-state index contributed by atoms with van der Waals surface area (Å²) in [5, 5.41) is 17.2. The lowest BCUT2D eigenvalue weighted by Gasteiger charge is -2.15. The van der Waals surface area contributed by atoms with Crippen molar-refractivity contribution in [2.24, 2.45) is 0 Å². The van der Waals surface area contributed by atoms with Crippen molar-refractivity contribution in [1.82, 2.24) is 14.9 Å². The number of aliphatic hydroxyl groups is 1. The van der Waals surface area contributed by atoms with Gasteiger partial charge in [-0.1, -0.05) is 34.8 Å². The molecule has 1 aromatic heterocycles. The fourth-order valence-corrected chi connectivity index (χ4v) is 1.85. The van der Waals surface area contributed by atoms with Gasteiger partial charge in [-0.3, -0.25) is 4.79 Å². The first-order valence-corrected chi connectivity index (χ1v) is 5.88. The molecular formula is C11H11N3O2S. The van der Waals surface area contributed by atoms with Gasteiger partial charge in [-0.2, -0.15) is 0 Å². The van der Waals surface area contributed by atoms with Gasteiger partial charge in [0.15, 0.2) is 5.69 Å². The number of hydrogen-bond donors (Lipinski definition) is 2. The summed E-state index contributed by atoms with van der Waals surface area (Å²) in [5.74, 6) is -0.332. The number of nitrogens with zero attached hydrogens (tertiary/aromatic N) is 2. The zero-order valence-electron chi connectivity index (χ0n) is 8.91. The fraction of sp³-hybridized carbons (Fsp3) is 0.182. The zero-order chi connectivity index (χ0) is 12.1. The molecule has 0 radical (unpaired) electrons. The van der Waals surface area contributed by atoms with Crippen molar-refractivity contribution in [3.05, 3.63) is 47.0 Å². The number of hydrogen-bond acceptors (Lipinski definition) is 5. The predicted octanol–water partition coefficient (Wildman–Crippen LogP) is 1.00. The second kappa shape index (κ2) is 5.51. The highest BCUT2D eigenvalue weighted by Gasteiger charge is 2.16. The molecule has 1 unspecified atom stereocenters. The predicted molar refractivity (Wildman–Crippen MR) is 63.6 cm³/mol. The molecule has 17 heavy (non-hydrogen) atoms. The molecule has 0 saturated carbocycles. The van der Waals surface area contributed by atoms with Crippen LogP contribution in [-0.4, -0.2) is 27.2 Å². The maximum absolute atomic E-state index is 11.7. The molecule has 0 aliphatic rings. The topological polar surface area (TPSA) is 75.1 Å². The van der Waals surface area contributed by atoms with Crippen LogP contribution in [0.15, 0.2) is 35.7 Å². The smallest absolute Gasteiger partial charge is 0.273 e. The van der Waals surface area contributed by atoms with Crippen molar-refractivity contribution in [2.75, 3.05) is 6.61 Å². The van der Waals surface area contributed by atoms with Gasteiger partial charge in [0.2, 0.25) is 0 Å². The summed E-state index contributed by atoms with van der Waals surface area (Å²) >= 11 is 1.11. The van der Waals surface area contributed by atoms with Crippen LogP contribution in [0.25, 0.3) is 0 Å². The Kier molecular flexibility index (Phi) is 3.79. The largest absolute Gasteiger partial charge is 0.394 e. The molecule has 5 nitrogen and oxygen atoms in total. The van der Waals surface area contributed by atoms with Crippen LogP contribution in [0.5, 0.6) is 0 Å². The third-order valence-corrected chi connectivity index (χ3v) is 2.79. The summed E-state index contributed by atoms with van der Waals surface area (Å²) in [6, 6.07) is 8.86. The normalized spacial score (nSPS) is 12.1. The molecule has 1 atom stereocenters. The summed E-state index contributed by atoms with van der Waals surface area (Å²) in [7, 11) is 0. The van der Waals surface area contributed by atoms with Crippen molar-refractivity contribution in [2.45, 2.75) is 6.04 Å². The third kappa shape index (κ3) is 2.86. The Morgan fingerprint density at radius 3 is 2.76 bits per heavy atom. The number of rotatable bonds is 4. The number of carbonyl (C=O) groups excluding carboxylic acids is 1. The Hall–Kier alpha value is -1.79. The zero-order valence-corrected chi connectivity index (χ0v) is 9.72. The van der Waals surface area contributed by atoms with Crippen LogP contribution < -0.4 is 5.32 Å². The number of aliphatic hydroxyl groups excluding tert-OH is 1. The number of aromatic nitrogens is 2. The second-order valence-corrected chi connectivity index (χ2v) is 4.02. The van der Waals surface area contributed by atoms with Gasteiger partial charge in [0, 0.05) is 5.38 Å². The average Bonchev–Trinajstić information content (AvgIpc) is 2.90. The first-order valence-electron chi connectivity index (χ1n) is 5.05. The maximum atomic E-state index is 11.7. The van der Waals surface area contributed by atoms with Crippen molar-refractivity contribution in [3.63, 3.8) is 0 Å². The molecule has 1 aromatic carbocycles. The van der Waals surface area contributed by atoms with Crippen LogP contribution in [0.2, 0.25) is 0 Å². The van der Waals surface area contributed by atoms with E-state index in [-0.39, 0.29) is 18.2 Å². The summed E-state index contributed by atoms with van der Waals surface area (Å²) in [5.41, 5.74) is 1.12. The molecular weight excluding hydrogens is 238 g/mol. The van der Waals surface area contributed by atoms with Crippen molar-refractivity contribution < 1.29 is 9.90 Å². The Bertz CT molecular complexity index is 473. The standard InChI is InChI=1S/C11H11N3O2S/c15-6-9(8-4-2-1-3-5-8)12-11(16)10-7-17-14-13-10/h1-5,7,9,15H,6H2,(H,12,16). The highest BCUT2D eigenvalue weighted by Crippen LogP contribution is 2.12. The molecule has 2 N–H and O–H groups in total. The van der Waals surface area contributed by atoms with Gasteiger partial charge in [0.1, 0.15) is 0 Å². The van der Waals surface area contributed by atoms with Gasteiger partial charge in [-0.15, -0.1) is 5.10 Å². The van der Waals surface area contributed by atoms with E-state index in [0.717, 1.165) is 17.1 Å². The van der Waals surface area contributed by atoms with Crippen molar-refractivity contribution >= 4 is 17.4 Å². The monoisotopic (exact) mass is 249 g/mol. The fourth-order valence-electron chi connectivity index (χ4n) is 1.42. The molecule has 0 aliphatic carbocycles. The van der Waals surface area contributed by atoms with Crippen LogP contribution in [0, 0.1) is 0 Å². The molecule has 0 aliphatic heterocycles. The highest BCUT2D eigenvalue weighted by molar-refractivity contribution is 7.03. The number of amides is 1. The molecule has 0 spiro atoms. The number of carbonyl (C=O) groups is 1. The molecule has 1 amide bonds. The van der Waals surface area contributed by atoms with E-state index in [1.54, 1.807) is 5.38 Å². The minimum absolute atomic E-state index is 0.159. The lowest BCUT2D eigenvalue weighted by Crippen LogP contribution is -2.31. The quantitative estimate of drug-likeness (QED) is 0.847. The molecule has 1 heterocycles. The van der Waals surface area contributed by atoms with Crippen LogP contribution >= 0.6 is 11.5 Å². The number of nitrogens with one attached hydrogen (secondary N) is 1. The Balaban J connectivity index is 2.09. The van der Waals surface area contributed by atoms with E-state index in [1.165, 1.54) is 0 Å². The third-order valence-electron chi connectivity index (χ3n) is 2.28. The van der Waals surface area contributed by atoms with E-state index >= 15 is 0 Å². The molecule has 0 fully saturated rings. The Morgan fingerprint density at radius 1 is 1.41 bits per heavy atom. The summed E-state index contributed by atoms with van der Waals surface area (Å²) in [6.07, 6.45) is 0. The van der Waals surface area contributed by atoms with Gasteiger partial charge in [-0.05, 0) is 17.1 Å². The van der Waals surface area contributed by atoms with Crippen LogP contribution in [0.1, 0.15) is 22.1 Å². The molecule has 88 valence electrons. The minimum atomic E-state index is -0.426. The highest BCUT2D eigenvalue weighted by atomic mass is 32.1. The van der Waals surface area contributed by atoms with E-state index in [9.17, 15) is 9.90 Å². The van der Waals surface area contributed by atoms with Crippen LogP contribution in [-0.2, 0) is 0 Å². The summed E-state index contributed by atoms with van der Waals surface area (Å²) < 4.78 is 3.62. The van der Waals surface area contributed by atoms with Gasteiger partial charge in [-0.25, -0.2) is 0 Å². The lowest BCUT2D eigenvalue weighted by molar-refractivity contribution is 0.0911. The Morgan fingerprint density at radius 2 is 2.18 bits per heavy atom. The van der Waals surface area contributed by atoms with Gasteiger partial charge in [0.25, 0.3) is 5.91 Å². The molecule has 6 heteroatoms. The first-order chi connectivity index (χ1) is 8.31. The van der Waals surface area contributed by atoms with Gasteiger partial charge < -0.3 is 10.4 Å². The summed E-state index contributed by atoms with van der Waals surface area (Å²) in [4.78, 5) is 11.7. The van der Waals surface area contributed by atoms with Gasteiger partial charge >= 0.3 is 0 Å². The Labute approximate surface area is 102 Å². The average molecular weight is 249 g/mol. The van der Waals surface area contributed by atoms with E-state index in [2.05, 4.69) is 14.9 Å². The molecule has 2 aromatic rings. The van der Waals surface area contributed by atoms with E-state index in [0.29, 0.717) is 0 Å².